The van der Waals surface area contributed by atoms with Gasteiger partial charge in [-0.25, -0.2) is 13.8 Å². The molecule has 0 bridgehead atoms. The maximum Gasteiger partial charge on any atom is 0.255 e. The van der Waals surface area contributed by atoms with Crippen LogP contribution in [-0.4, -0.2) is 35.0 Å². The number of amides is 1. The molecule has 184 valence electrons. The van der Waals surface area contributed by atoms with Crippen molar-refractivity contribution >= 4 is 11.7 Å². The largest absolute Gasteiger partial charge is 0.466 e. The minimum atomic E-state index is -0.337. The molecule has 0 saturated carbocycles. The third-order valence-corrected chi connectivity index (χ3v) is 6.43. The highest BCUT2D eigenvalue weighted by Gasteiger charge is 2.24. The molecular weight excluding hydrogens is 462 g/mol. The van der Waals surface area contributed by atoms with Crippen LogP contribution >= 0.6 is 0 Å². The third-order valence-electron chi connectivity index (χ3n) is 6.43. The second-order valence-electron chi connectivity index (χ2n) is 9.00. The number of furan rings is 1. The molecule has 0 unspecified atom stereocenters. The van der Waals surface area contributed by atoms with Crippen molar-refractivity contribution in [2.45, 2.75) is 32.7 Å². The minimum Gasteiger partial charge on any atom is -0.466 e. The van der Waals surface area contributed by atoms with Crippen LogP contribution in [0.1, 0.15) is 34.7 Å². The Balaban J connectivity index is 1.35. The molecule has 5 rings (SSSR count). The predicted molar refractivity (Wildman–Crippen MR) is 134 cm³/mol. The van der Waals surface area contributed by atoms with Gasteiger partial charge in [0.05, 0.1) is 23.1 Å². The van der Waals surface area contributed by atoms with E-state index in [1.54, 1.807) is 43.5 Å². The summed E-state index contributed by atoms with van der Waals surface area (Å²) < 4.78 is 32.5. The summed E-state index contributed by atoms with van der Waals surface area (Å²) in [5, 5.41) is 3.11. The number of nitrogens with one attached hydrogen (secondary N) is 1. The zero-order chi connectivity index (χ0) is 25.2. The molecular formula is C28H26F2N4O2. The third kappa shape index (κ3) is 4.98. The van der Waals surface area contributed by atoms with Gasteiger partial charge in [0.2, 0.25) is 0 Å². The van der Waals surface area contributed by atoms with Gasteiger partial charge in [-0.1, -0.05) is 0 Å². The highest BCUT2D eigenvalue weighted by atomic mass is 19.1. The van der Waals surface area contributed by atoms with Crippen molar-refractivity contribution in [2.75, 3.05) is 18.0 Å². The van der Waals surface area contributed by atoms with Gasteiger partial charge in [0.15, 0.2) is 0 Å². The molecule has 4 aromatic rings. The fourth-order valence-corrected chi connectivity index (χ4v) is 4.53. The van der Waals surface area contributed by atoms with Crippen molar-refractivity contribution < 1.29 is 18.0 Å². The second kappa shape index (κ2) is 9.89. The van der Waals surface area contributed by atoms with Crippen LogP contribution in [0.15, 0.2) is 65.2 Å². The van der Waals surface area contributed by atoms with E-state index in [9.17, 15) is 13.6 Å². The molecule has 1 amide bonds. The molecule has 0 aliphatic carbocycles. The summed E-state index contributed by atoms with van der Waals surface area (Å²) in [6.45, 7) is 5.01. The number of rotatable bonds is 5. The van der Waals surface area contributed by atoms with E-state index in [4.69, 9.17) is 9.40 Å². The van der Waals surface area contributed by atoms with E-state index in [1.807, 2.05) is 6.92 Å². The first-order valence-electron chi connectivity index (χ1n) is 11.9. The highest BCUT2D eigenvalue weighted by Crippen LogP contribution is 2.31. The quantitative estimate of drug-likeness (QED) is 0.390. The number of piperidine rings is 1. The fraction of sp³-hybridized carbons (Fsp3) is 0.250. The Labute approximate surface area is 208 Å². The van der Waals surface area contributed by atoms with Gasteiger partial charge >= 0.3 is 0 Å². The van der Waals surface area contributed by atoms with Crippen LogP contribution in [0.3, 0.4) is 0 Å². The fourth-order valence-electron chi connectivity index (χ4n) is 4.53. The summed E-state index contributed by atoms with van der Waals surface area (Å²) in [7, 11) is 0. The number of nitrogens with zero attached hydrogens (tertiary/aromatic N) is 3. The number of hydrogen-bond acceptors (Lipinski definition) is 5. The van der Waals surface area contributed by atoms with Gasteiger partial charge < -0.3 is 14.6 Å². The van der Waals surface area contributed by atoms with Crippen molar-refractivity contribution in [3.63, 3.8) is 0 Å². The number of aryl methyl sites for hydroxylation is 2. The molecule has 1 saturated heterocycles. The summed E-state index contributed by atoms with van der Waals surface area (Å²) in [5.74, 6) is 1.24. The van der Waals surface area contributed by atoms with Gasteiger partial charge in [0.25, 0.3) is 5.91 Å². The summed E-state index contributed by atoms with van der Waals surface area (Å²) in [6, 6.07) is 14.0. The van der Waals surface area contributed by atoms with Gasteiger partial charge in [-0.3, -0.25) is 9.78 Å². The standard InChI is InChI=1S/C28H26F2N4O2/c1-17-15-24(18(2)36-17)28(35)32-23-11-13-34(14-12-23)25-16-31-26(19-3-7-21(29)8-4-19)27(33-25)20-5-9-22(30)10-6-20/h3-10,15-16,23H,11-14H2,1-2H3,(H,32,35). The van der Waals surface area contributed by atoms with E-state index < -0.39 is 0 Å². The van der Waals surface area contributed by atoms with Crippen LogP contribution in [0.5, 0.6) is 0 Å². The molecule has 2 aromatic heterocycles. The van der Waals surface area contributed by atoms with E-state index in [0.717, 1.165) is 24.0 Å². The van der Waals surface area contributed by atoms with Crippen molar-refractivity contribution in [1.82, 2.24) is 15.3 Å². The van der Waals surface area contributed by atoms with Crippen molar-refractivity contribution in [3.05, 3.63) is 89.5 Å². The zero-order valence-electron chi connectivity index (χ0n) is 20.1. The first-order valence-corrected chi connectivity index (χ1v) is 11.9. The van der Waals surface area contributed by atoms with Crippen LogP contribution in [0.4, 0.5) is 14.6 Å². The first kappa shape index (κ1) is 23.7. The molecule has 3 heterocycles. The molecule has 1 aliphatic rings. The molecule has 2 aromatic carbocycles. The number of aromatic nitrogens is 2. The van der Waals surface area contributed by atoms with Crippen LogP contribution in [0.25, 0.3) is 22.5 Å². The van der Waals surface area contributed by atoms with Gasteiger partial charge in [-0.05, 0) is 81.3 Å². The number of carbonyl (C=O) groups is 1. The van der Waals surface area contributed by atoms with Crippen LogP contribution in [0, 0.1) is 25.5 Å². The molecule has 0 spiro atoms. The lowest BCUT2D eigenvalue weighted by Gasteiger charge is -2.33. The number of anilines is 1. The molecule has 6 nitrogen and oxygen atoms in total. The monoisotopic (exact) mass is 488 g/mol. The van der Waals surface area contributed by atoms with E-state index >= 15 is 0 Å². The minimum absolute atomic E-state index is 0.0476. The molecule has 8 heteroatoms. The first-order chi connectivity index (χ1) is 17.4. The average molecular weight is 489 g/mol. The van der Waals surface area contributed by atoms with E-state index in [2.05, 4.69) is 15.2 Å². The maximum atomic E-state index is 13.6. The van der Waals surface area contributed by atoms with Gasteiger partial charge in [-0.15, -0.1) is 0 Å². The normalized spacial score (nSPS) is 14.2. The van der Waals surface area contributed by atoms with Crippen molar-refractivity contribution in [2.24, 2.45) is 0 Å². The Morgan fingerprint density at radius 1 is 0.944 bits per heavy atom. The Morgan fingerprint density at radius 2 is 1.53 bits per heavy atom. The Morgan fingerprint density at radius 3 is 2.08 bits per heavy atom. The smallest absolute Gasteiger partial charge is 0.255 e. The Bertz CT molecular complexity index is 1380. The lowest BCUT2D eigenvalue weighted by molar-refractivity contribution is 0.0929. The van der Waals surface area contributed by atoms with Crippen LogP contribution < -0.4 is 10.2 Å². The van der Waals surface area contributed by atoms with Gasteiger partial charge in [0.1, 0.15) is 29.0 Å². The number of halogens is 2. The van der Waals surface area contributed by atoms with E-state index in [1.165, 1.54) is 24.3 Å². The van der Waals surface area contributed by atoms with Crippen LogP contribution in [0.2, 0.25) is 0 Å². The predicted octanol–water partition coefficient (Wildman–Crippen LogP) is 5.70. The van der Waals surface area contributed by atoms with Crippen LogP contribution in [-0.2, 0) is 0 Å². The SMILES string of the molecule is Cc1cc(C(=O)NC2CCN(c3cnc(-c4ccc(F)cc4)c(-c4ccc(F)cc4)n3)CC2)c(C)o1. The molecule has 36 heavy (non-hydrogen) atoms. The number of carbonyl (C=O) groups excluding carboxylic acids is 1. The number of hydrogen-bond donors (Lipinski definition) is 1. The maximum absolute atomic E-state index is 13.6. The zero-order valence-corrected chi connectivity index (χ0v) is 20.1. The van der Waals surface area contributed by atoms with Crippen molar-refractivity contribution in [1.29, 1.82) is 0 Å². The molecule has 1 fully saturated rings. The Hall–Kier alpha value is -4.07. The summed E-state index contributed by atoms with van der Waals surface area (Å²) >= 11 is 0. The molecule has 1 aliphatic heterocycles. The summed E-state index contributed by atoms with van der Waals surface area (Å²) in [4.78, 5) is 24.4. The van der Waals surface area contributed by atoms with Crippen molar-refractivity contribution in [3.8, 4) is 22.5 Å². The average Bonchev–Trinajstić information content (AvgIpc) is 3.23. The molecule has 1 N–H and O–H groups in total. The molecule has 0 radical (unpaired) electrons. The lowest BCUT2D eigenvalue weighted by atomic mass is 10.0. The Kier molecular flexibility index (Phi) is 6.50. The summed E-state index contributed by atoms with van der Waals surface area (Å²) in [6.07, 6.45) is 3.23. The number of benzene rings is 2. The second-order valence-corrected chi connectivity index (χ2v) is 9.00. The van der Waals surface area contributed by atoms with Gasteiger partial charge in [-0.2, -0.15) is 0 Å². The molecule has 0 atom stereocenters. The van der Waals surface area contributed by atoms with E-state index in [-0.39, 0.29) is 23.6 Å². The van der Waals surface area contributed by atoms with E-state index in [0.29, 0.717) is 47.4 Å². The van der Waals surface area contributed by atoms with Gasteiger partial charge in [0, 0.05) is 30.3 Å². The highest BCUT2D eigenvalue weighted by molar-refractivity contribution is 5.95. The lowest BCUT2D eigenvalue weighted by Crippen LogP contribution is -2.45. The topological polar surface area (TPSA) is 71.3 Å². The summed E-state index contributed by atoms with van der Waals surface area (Å²) in [5.41, 5.74) is 3.21.